The Kier molecular flexibility index (Phi) is 3.42. The highest BCUT2D eigenvalue weighted by Gasteiger charge is 2.61. The maximum Gasteiger partial charge on any atom is 0.422 e. The molecule has 2 aromatic rings. The lowest BCUT2D eigenvalue weighted by Gasteiger charge is -2.34. The highest BCUT2D eigenvalue weighted by Crippen LogP contribution is 2.50. The minimum Gasteiger partial charge on any atom is -0.376 e. The summed E-state index contributed by atoms with van der Waals surface area (Å²) in [6, 6.07) is 6.01. The van der Waals surface area contributed by atoms with E-state index in [1.54, 1.807) is 0 Å². The SMILES string of the molecule is Cn1nc(-c2ccc(Cl)cc2)c2c1NC(=O)CC2(O)C(F)(F)F. The van der Waals surface area contributed by atoms with Gasteiger partial charge in [-0.05, 0) is 12.1 Å². The summed E-state index contributed by atoms with van der Waals surface area (Å²) in [5.74, 6) is -1.10. The Bertz CT molecular complexity index is 786. The van der Waals surface area contributed by atoms with Crippen molar-refractivity contribution < 1.29 is 23.1 Å². The van der Waals surface area contributed by atoms with Gasteiger partial charge in [-0.2, -0.15) is 18.3 Å². The number of fused-ring (bicyclic) bond motifs is 1. The topological polar surface area (TPSA) is 67.2 Å². The maximum atomic E-state index is 13.5. The monoisotopic (exact) mass is 345 g/mol. The van der Waals surface area contributed by atoms with Gasteiger partial charge in [0.15, 0.2) is 5.60 Å². The molecule has 0 aliphatic carbocycles. The molecule has 23 heavy (non-hydrogen) atoms. The van der Waals surface area contributed by atoms with Crippen molar-refractivity contribution in [2.24, 2.45) is 7.05 Å². The van der Waals surface area contributed by atoms with Gasteiger partial charge in [0.05, 0.1) is 12.0 Å². The number of aromatic nitrogens is 2. The van der Waals surface area contributed by atoms with E-state index in [4.69, 9.17) is 11.6 Å². The van der Waals surface area contributed by atoms with Crippen molar-refractivity contribution in [3.05, 3.63) is 34.9 Å². The molecule has 1 atom stereocenters. The predicted octanol–water partition coefficient (Wildman–Crippen LogP) is 2.83. The van der Waals surface area contributed by atoms with Gasteiger partial charge in [-0.15, -0.1) is 0 Å². The molecule has 1 aliphatic rings. The number of amides is 1. The van der Waals surface area contributed by atoms with Crippen molar-refractivity contribution in [3.63, 3.8) is 0 Å². The van der Waals surface area contributed by atoms with Crippen molar-refractivity contribution in [2.45, 2.75) is 18.2 Å². The second kappa shape index (κ2) is 4.97. The summed E-state index contributed by atoms with van der Waals surface area (Å²) in [6.07, 6.45) is -6.14. The van der Waals surface area contributed by atoms with E-state index in [1.807, 2.05) is 0 Å². The summed E-state index contributed by atoms with van der Waals surface area (Å²) >= 11 is 5.78. The zero-order valence-corrected chi connectivity index (χ0v) is 12.5. The fraction of sp³-hybridized carbons (Fsp3) is 0.286. The van der Waals surface area contributed by atoms with E-state index in [9.17, 15) is 23.1 Å². The Hall–Kier alpha value is -2.06. The first kappa shape index (κ1) is 15.8. The van der Waals surface area contributed by atoms with E-state index in [1.165, 1.54) is 31.3 Å². The molecule has 2 N–H and O–H groups in total. The molecule has 0 saturated heterocycles. The normalized spacial score (nSPS) is 21.0. The van der Waals surface area contributed by atoms with E-state index in [-0.39, 0.29) is 11.5 Å². The number of anilines is 1. The average molecular weight is 346 g/mol. The van der Waals surface area contributed by atoms with Gasteiger partial charge in [0.2, 0.25) is 5.91 Å². The van der Waals surface area contributed by atoms with Crippen LogP contribution in [0.15, 0.2) is 24.3 Å². The summed E-state index contributed by atoms with van der Waals surface area (Å²) in [7, 11) is 1.39. The van der Waals surface area contributed by atoms with Crippen LogP contribution >= 0.6 is 11.6 Å². The van der Waals surface area contributed by atoms with Gasteiger partial charge in [0.1, 0.15) is 11.5 Å². The molecule has 1 aromatic carbocycles. The van der Waals surface area contributed by atoms with E-state index < -0.39 is 29.7 Å². The lowest BCUT2D eigenvalue weighted by molar-refractivity contribution is -0.267. The first-order chi connectivity index (χ1) is 10.6. The number of nitrogens with zero attached hydrogens (tertiary/aromatic N) is 2. The Morgan fingerprint density at radius 1 is 1.35 bits per heavy atom. The standard InChI is InChI=1S/C14H11ClF3N3O2/c1-21-12-10(11(20-21)7-2-4-8(15)5-3-7)13(23,14(16,17)18)6-9(22)19-12/h2-5,23H,6H2,1H3,(H,19,22). The Morgan fingerprint density at radius 2 is 1.96 bits per heavy atom. The number of halogens is 4. The smallest absolute Gasteiger partial charge is 0.376 e. The van der Waals surface area contributed by atoms with Crippen molar-refractivity contribution in [3.8, 4) is 11.3 Å². The number of hydrogen-bond acceptors (Lipinski definition) is 3. The van der Waals surface area contributed by atoms with Gasteiger partial charge < -0.3 is 10.4 Å². The molecule has 1 unspecified atom stereocenters. The number of nitrogens with one attached hydrogen (secondary N) is 1. The number of benzene rings is 1. The van der Waals surface area contributed by atoms with Crippen LogP contribution in [-0.2, 0) is 17.4 Å². The highest BCUT2D eigenvalue weighted by atomic mass is 35.5. The van der Waals surface area contributed by atoms with Crippen LogP contribution in [0.3, 0.4) is 0 Å². The predicted molar refractivity (Wildman–Crippen MR) is 76.9 cm³/mol. The lowest BCUT2D eigenvalue weighted by Crippen LogP contribution is -2.48. The van der Waals surface area contributed by atoms with Crippen molar-refractivity contribution >= 4 is 23.3 Å². The third-order valence-corrected chi connectivity index (χ3v) is 3.97. The van der Waals surface area contributed by atoms with E-state index in [0.717, 1.165) is 4.68 Å². The molecule has 122 valence electrons. The third-order valence-electron chi connectivity index (χ3n) is 3.72. The molecule has 0 fully saturated rings. The molecule has 1 aliphatic heterocycles. The zero-order valence-electron chi connectivity index (χ0n) is 11.8. The molecule has 0 bridgehead atoms. The number of aryl methyl sites for hydroxylation is 1. The number of hydrogen-bond donors (Lipinski definition) is 2. The van der Waals surface area contributed by atoms with Crippen LogP contribution in [0.25, 0.3) is 11.3 Å². The van der Waals surface area contributed by atoms with E-state index in [0.29, 0.717) is 10.6 Å². The van der Waals surface area contributed by atoms with Gasteiger partial charge in [-0.1, -0.05) is 23.7 Å². The van der Waals surface area contributed by atoms with Crippen LogP contribution in [0, 0.1) is 0 Å². The number of rotatable bonds is 1. The van der Waals surface area contributed by atoms with Crippen LogP contribution in [0.2, 0.25) is 5.02 Å². The fourth-order valence-corrected chi connectivity index (χ4v) is 2.73. The van der Waals surface area contributed by atoms with Gasteiger partial charge in [-0.25, -0.2) is 0 Å². The fourth-order valence-electron chi connectivity index (χ4n) is 2.61. The van der Waals surface area contributed by atoms with Gasteiger partial charge in [0.25, 0.3) is 0 Å². The largest absolute Gasteiger partial charge is 0.422 e. The number of alkyl halides is 3. The second-order valence-electron chi connectivity index (χ2n) is 5.29. The minimum atomic E-state index is -5.02. The number of carbonyl (C=O) groups is 1. The highest BCUT2D eigenvalue weighted by molar-refractivity contribution is 6.30. The maximum absolute atomic E-state index is 13.5. The summed E-state index contributed by atoms with van der Waals surface area (Å²) < 4.78 is 41.5. The number of carbonyl (C=O) groups excluding carboxylic acids is 1. The van der Waals surface area contributed by atoms with E-state index >= 15 is 0 Å². The number of aliphatic hydroxyl groups is 1. The summed E-state index contributed by atoms with van der Waals surface area (Å²) in [5.41, 5.74) is -3.47. The first-order valence-electron chi connectivity index (χ1n) is 6.56. The van der Waals surface area contributed by atoms with Gasteiger partial charge >= 0.3 is 6.18 Å². The zero-order chi connectivity index (χ0) is 17.0. The van der Waals surface area contributed by atoms with Crippen molar-refractivity contribution in [1.82, 2.24) is 9.78 Å². The Labute approximate surface area is 133 Å². The molecular formula is C14H11ClF3N3O2. The summed E-state index contributed by atoms with van der Waals surface area (Å²) in [5, 5.41) is 17.1. The van der Waals surface area contributed by atoms with Gasteiger partial charge in [-0.3, -0.25) is 9.48 Å². The molecule has 3 rings (SSSR count). The molecular weight excluding hydrogens is 335 g/mol. The molecule has 0 radical (unpaired) electrons. The third kappa shape index (κ3) is 2.38. The van der Waals surface area contributed by atoms with Crippen LogP contribution in [0.5, 0.6) is 0 Å². The summed E-state index contributed by atoms with van der Waals surface area (Å²) in [4.78, 5) is 11.6. The van der Waals surface area contributed by atoms with E-state index in [2.05, 4.69) is 10.4 Å². The quantitative estimate of drug-likeness (QED) is 0.835. The molecule has 9 heteroatoms. The molecule has 0 saturated carbocycles. The van der Waals surface area contributed by atoms with Crippen LogP contribution in [0.4, 0.5) is 19.0 Å². The van der Waals surface area contributed by atoms with Gasteiger partial charge in [0, 0.05) is 17.6 Å². The summed E-state index contributed by atoms with van der Waals surface area (Å²) in [6.45, 7) is 0. The molecule has 1 amide bonds. The Balaban J connectivity index is 2.28. The van der Waals surface area contributed by atoms with Crippen LogP contribution in [-0.4, -0.2) is 27.0 Å². The minimum absolute atomic E-state index is 0.0565. The molecule has 5 nitrogen and oxygen atoms in total. The lowest BCUT2D eigenvalue weighted by atomic mass is 9.85. The van der Waals surface area contributed by atoms with Crippen molar-refractivity contribution in [1.29, 1.82) is 0 Å². The van der Waals surface area contributed by atoms with Crippen LogP contribution in [0.1, 0.15) is 12.0 Å². The van der Waals surface area contributed by atoms with Crippen molar-refractivity contribution in [2.75, 3.05) is 5.32 Å². The van der Waals surface area contributed by atoms with Crippen LogP contribution < -0.4 is 5.32 Å². The average Bonchev–Trinajstić information content (AvgIpc) is 2.76. The Morgan fingerprint density at radius 3 is 2.52 bits per heavy atom. The molecule has 2 heterocycles. The second-order valence-corrected chi connectivity index (χ2v) is 5.72. The molecule has 1 aromatic heterocycles. The first-order valence-corrected chi connectivity index (χ1v) is 6.93. The molecule has 0 spiro atoms.